The van der Waals surface area contributed by atoms with Crippen molar-refractivity contribution in [1.29, 1.82) is 0 Å². The Morgan fingerprint density at radius 1 is 1.25 bits per heavy atom. The molecule has 0 atom stereocenters. The molecule has 0 fully saturated rings. The summed E-state index contributed by atoms with van der Waals surface area (Å²) in [7, 11) is 0. The van der Waals surface area contributed by atoms with E-state index in [0.717, 1.165) is 22.1 Å². The maximum absolute atomic E-state index is 5.91. The second-order valence-corrected chi connectivity index (χ2v) is 6.07. The van der Waals surface area contributed by atoms with Gasteiger partial charge >= 0.3 is 0 Å². The molecule has 1 N–H and O–H groups in total. The molecule has 0 radical (unpaired) electrons. The number of nitrogens with one attached hydrogen (secondary N) is 1. The van der Waals surface area contributed by atoms with Crippen LogP contribution in [0.25, 0.3) is 11.5 Å². The van der Waals surface area contributed by atoms with Crippen LogP contribution in [0.3, 0.4) is 0 Å². The average molecular weight is 306 g/mol. The fraction of sp³-hybridized carbons (Fsp3) is 0.143. The van der Waals surface area contributed by atoms with Crippen molar-refractivity contribution >= 4 is 28.6 Å². The first-order chi connectivity index (χ1) is 9.70. The quantitative estimate of drug-likeness (QED) is 0.777. The predicted molar refractivity (Wildman–Crippen MR) is 81.1 cm³/mol. The summed E-state index contributed by atoms with van der Waals surface area (Å²) in [5.74, 6) is 1.09. The summed E-state index contributed by atoms with van der Waals surface area (Å²) < 4.78 is 6.23. The largest absolute Gasteiger partial charge is 0.421 e. The van der Waals surface area contributed by atoms with E-state index in [4.69, 9.17) is 16.0 Å². The summed E-state index contributed by atoms with van der Waals surface area (Å²) in [6.07, 6.45) is 0. The molecule has 0 aliphatic rings. The number of hydrogen-bond donors (Lipinski definition) is 1. The van der Waals surface area contributed by atoms with Crippen molar-refractivity contribution < 1.29 is 4.42 Å². The van der Waals surface area contributed by atoms with Crippen LogP contribution in [-0.4, -0.2) is 10.2 Å². The van der Waals surface area contributed by atoms with Gasteiger partial charge in [-0.2, -0.15) is 0 Å². The van der Waals surface area contributed by atoms with Gasteiger partial charge in [0.25, 0.3) is 0 Å². The van der Waals surface area contributed by atoms with Crippen molar-refractivity contribution in [3.63, 3.8) is 0 Å². The number of thiophene rings is 1. The second-order valence-electron chi connectivity index (χ2n) is 4.27. The average Bonchev–Trinajstić information content (AvgIpc) is 3.06. The van der Waals surface area contributed by atoms with E-state index in [9.17, 15) is 0 Å². The number of rotatable bonds is 4. The highest BCUT2D eigenvalue weighted by Crippen LogP contribution is 2.24. The SMILES string of the molecule is Cc1nnc(-c2cccc(NCc3ccc(Cl)s3)c2)o1. The highest BCUT2D eigenvalue weighted by atomic mass is 35.5. The van der Waals surface area contributed by atoms with E-state index in [1.807, 2.05) is 36.4 Å². The molecule has 3 aromatic rings. The topological polar surface area (TPSA) is 51.0 Å². The van der Waals surface area contributed by atoms with Crippen molar-refractivity contribution in [3.05, 3.63) is 51.5 Å². The van der Waals surface area contributed by atoms with Gasteiger partial charge in [-0.05, 0) is 30.3 Å². The molecular formula is C14H12ClN3OS. The first kappa shape index (κ1) is 13.1. The first-order valence-corrected chi connectivity index (χ1v) is 7.29. The Bertz CT molecular complexity index is 723. The monoisotopic (exact) mass is 305 g/mol. The van der Waals surface area contributed by atoms with Crippen LogP contribution in [0.15, 0.2) is 40.8 Å². The standard InChI is InChI=1S/C14H12ClN3OS/c1-9-17-18-14(19-9)10-3-2-4-11(7-10)16-8-12-5-6-13(15)20-12/h2-7,16H,8H2,1H3. The van der Waals surface area contributed by atoms with Gasteiger partial charge in [0.2, 0.25) is 11.8 Å². The Balaban J connectivity index is 1.74. The minimum Gasteiger partial charge on any atom is -0.421 e. The zero-order chi connectivity index (χ0) is 13.9. The molecule has 4 nitrogen and oxygen atoms in total. The van der Waals surface area contributed by atoms with Gasteiger partial charge in [0.15, 0.2) is 0 Å². The van der Waals surface area contributed by atoms with Crippen molar-refractivity contribution in [1.82, 2.24) is 10.2 Å². The van der Waals surface area contributed by atoms with Gasteiger partial charge in [-0.3, -0.25) is 0 Å². The van der Waals surface area contributed by atoms with Gasteiger partial charge < -0.3 is 9.73 Å². The Morgan fingerprint density at radius 3 is 2.85 bits per heavy atom. The molecule has 3 rings (SSSR count). The Morgan fingerprint density at radius 2 is 2.15 bits per heavy atom. The fourth-order valence-corrected chi connectivity index (χ4v) is 2.84. The third-order valence-corrected chi connectivity index (χ3v) is 3.96. The molecule has 2 aromatic heterocycles. The molecule has 0 bridgehead atoms. The van der Waals surface area contributed by atoms with Crippen LogP contribution < -0.4 is 5.32 Å². The predicted octanol–water partition coefficient (Wildman–Crippen LogP) is 4.37. The molecule has 0 aliphatic heterocycles. The minimum atomic E-state index is 0.533. The summed E-state index contributed by atoms with van der Waals surface area (Å²) in [6, 6.07) is 11.8. The highest BCUT2D eigenvalue weighted by molar-refractivity contribution is 7.16. The maximum atomic E-state index is 5.91. The number of benzene rings is 1. The lowest BCUT2D eigenvalue weighted by Gasteiger charge is -2.05. The highest BCUT2D eigenvalue weighted by Gasteiger charge is 2.06. The number of anilines is 1. The Hall–Kier alpha value is -1.85. The smallest absolute Gasteiger partial charge is 0.247 e. The lowest BCUT2D eigenvalue weighted by Crippen LogP contribution is -1.97. The number of aryl methyl sites for hydroxylation is 1. The van der Waals surface area contributed by atoms with Gasteiger partial charge in [0.1, 0.15) is 0 Å². The van der Waals surface area contributed by atoms with E-state index in [0.29, 0.717) is 11.8 Å². The molecule has 0 unspecified atom stereocenters. The van der Waals surface area contributed by atoms with Crippen LogP contribution in [-0.2, 0) is 6.54 Å². The van der Waals surface area contributed by atoms with Crippen LogP contribution in [0, 0.1) is 6.92 Å². The number of hydrogen-bond acceptors (Lipinski definition) is 5. The third-order valence-electron chi connectivity index (χ3n) is 2.73. The molecule has 6 heteroatoms. The van der Waals surface area contributed by atoms with Crippen LogP contribution >= 0.6 is 22.9 Å². The van der Waals surface area contributed by atoms with Gasteiger partial charge in [0.05, 0.1) is 4.34 Å². The molecule has 0 amide bonds. The normalized spacial score (nSPS) is 10.7. The van der Waals surface area contributed by atoms with Gasteiger partial charge in [-0.15, -0.1) is 21.5 Å². The minimum absolute atomic E-state index is 0.533. The summed E-state index contributed by atoms with van der Waals surface area (Å²) in [4.78, 5) is 1.19. The molecule has 0 saturated heterocycles. The van der Waals surface area contributed by atoms with Crippen LogP contribution in [0.2, 0.25) is 4.34 Å². The lowest BCUT2D eigenvalue weighted by molar-refractivity contribution is 0.533. The lowest BCUT2D eigenvalue weighted by atomic mass is 10.2. The van der Waals surface area contributed by atoms with Gasteiger partial charge in [-0.1, -0.05) is 17.7 Å². The summed E-state index contributed by atoms with van der Waals surface area (Å²) in [5, 5.41) is 11.2. The van der Waals surface area contributed by atoms with E-state index >= 15 is 0 Å². The van der Waals surface area contributed by atoms with Gasteiger partial charge in [-0.25, -0.2) is 0 Å². The van der Waals surface area contributed by atoms with Gasteiger partial charge in [0, 0.05) is 29.6 Å². The zero-order valence-corrected chi connectivity index (χ0v) is 12.3. The Kier molecular flexibility index (Phi) is 3.71. The number of halogens is 1. The summed E-state index contributed by atoms with van der Waals surface area (Å²) in [5.41, 5.74) is 1.91. The summed E-state index contributed by atoms with van der Waals surface area (Å²) >= 11 is 7.49. The third kappa shape index (κ3) is 3.00. The molecule has 102 valence electrons. The zero-order valence-electron chi connectivity index (χ0n) is 10.8. The molecule has 20 heavy (non-hydrogen) atoms. The van der Waals surface area contributed by atoms with Crippen LogP contribution in [0.1, 0.15) is 10.8 Å². The molecule has 1 aromatic carbocycles. The van der Waals surface area contributed by atoms with E-state index in [2.05, 4.69) is 15.5 Å². The number of nitrogens with zero attached hydrogens (tertiary/aromatic N) is 2. The van der Waals surface area contributed by atoms with Crippen molar-refractivity contribution in [2.45, 2.75) is 13.5 Å². The maximum Gasteiger partial charge on any atom is 0.247 e. The van der Waals surface area contributed by atoms with E-state index < -0.39 is 0 Å². The van der Waals surface area contributed by atoms with Crippen molar-refractivity contribution in [2.75, 3.05) is 5.32 Å². The number of aromatic nitrogens is 2. The Labute approximate surface area is 125 Å². The fourth-order valence-electron chi connectivity index (χ4n) is 1.81. The first-order valence-electron chi connectivity index (χ1n) is 6.09. The molecule has 0 aliphatic carbocycles. The van der Waals surface area contributed by atoms with E-state index in [-0.39, 0.29) is 0 Å². The molecule has 0 saturated carbocycles. The van der Waals surface area contributed by atoms with Crippen molar-refractivity contribution in [3.8, 4) is 11.5 Å². The van der Waals surface area contributed by atoms with E-state index in [1.165, 1.54) is 4.88 Å². The second kappa shape index (κ2) is 5.64. The van der Waals surface area contributed by atoms with Crippen LogP contribution in [0.4, 0.5) is 5.69 Å². The summed E-state index contributed by atoms with van der Waals surface area (Å²) in [6.45, 7) is 2.52. The van der Waals surface area contributed by atoms with Crippen molar-refractivity contribution in [2.24, 2.45) is 0 Å². The molecule has 2 heterocycles. The molecule has 0 spiro atoms. The van der Waals surface area contributed by atoms with Crippen LogP contribution in [0.5, 0.6) is 0 Å². The molecular weight excluding hydrogens is 294 g/mol. The van der Waals surface area contributed by atoms with E-state index in [1.54, 1.807) is 18.3 Å².